The number of amides is 1. The molecule has 148 valence electrons. The van der Waals surface area contributed by atoms with E-state index in [-0.39, 0.29) is 11.3 Å². The van der Waals surface area contributed by atoms with Gasteiger partial charge in [-0.25, -0.2) is 0 Å². The lowest BCUT2D eigenvalue weighted by atomic mass is 9.87. The molecule has 0 aliphatic rings. The highest BCUT2D eigenvalue weighted by Crippen LogP contribution is 2.24. The number of benzene rings is 2. The Morgan fingerprint density at radius 1 is 1.11 bits per heavy atom. The van der Waals surface area contributed by atoms with Gasteiger partial charge in [-0.05, 0) is 53.1 Å². The van der Waals surface area contributed by atoms with Crippen LogP contribution in [0, 0.1) is 0 Å². The Balaban J connectivity index is 2.04. The molecule has 0 saturated heterocycles. The van der Waals surface area contributed by atoms with Gasteiger partial charge in [-0.1, -0.05) is 71.1 Å². The Kier molecular flexibility index (Phi) is 5.90. The van der Waals surface area contributed by atoms with E-state index in [0.29, 0.717) is 11.5 Å². The van der Waals surface area contributed by atoms with Gasteiger partial charge in [-0.15, -0.1) is 0 Å². The summed E-state index contributed by atoms with van der Waals surface area (Å²) in [4.78, 5) is 18.1. The van der Waals surface area contributed by atoms with Crippen molar-refractivity contribution in [1.29, 1.82) is 0 Å². The molecule has 2 aromatic carbocycles. The van der Waals surface area contributed by atoms with Gasteiger partial charge in [-0.2, -0.15) is 4.99 Å². The molecule has 0 bridgehead atoms. The number of fused-ring (bicyclic) bond motifs is 1. The number of carbonyl (C=O) groups excluding carboxylic acids is 1. The SMILES string of the molecule is CCCn1c(=NC(=O)c2ccc(C(C)(C)C)cc2)sc2cc(C(C)C)ccc21. The number of hydrogen-bond acceptors (Lipinski definition) is 2. The van der Waals surface area contributed by atoms with Crippen LogP contribution in [0.2, 0.25) is 0 Å². The van der Waals surface area contributed by atoms with Crippen LogP contribution < -0.4 is 4.80 Å². The maximum atomic E-state index is 12.8. The van der Waals surface area contributed by atoms with Crippen molar-refractivity contribution in [3.63, 3.8) is 0 Å². The van der Waals surface area contributed by atoms with E-state index in [4.69, 9.17) is 0 Å². The van der Waals surface area contributed by atoms with Crippen LogP contribution in [0.1, 0.15) is 75.4 Å². The minimum atomic E-state index is -0.180. The van der Waals surface area contributed by atoms with Crippen LogP contribution in [-0.2, 0) is 12.0 Å². The molecule has 0 fully saturated rings. The van der Waals surface area contributed by atoms with E-state index in [0.717, 1.165) is 23.3 Å². The Hall–Kier alpha value is -2.20. The molecule has 0 aliphatic carbocycles. The van der Waals surface area contributed by atoms with Crippen LogP contribution in [0.25, 0.3) is 10.2 Å². The summed E-state index contributed by atoms with van der Waals surface area (Å²) in [6, 6.07) is 14.4. The van der Waals surface area contributed by atoms with Gasteiger partial charge in [0.15, 0.2) is 4.80 Å². The highest BCUT2D eigenvalue weighted by molar-refractivity contribution is 7.16. The highest BCUT2D eigenvalue weighted by Gasteiger charge is 2.15. The van der Waals surface area contributed by atoms with Crippen molar-refractivity contribution in [1.82, 2.24) is 4.57 Å². The fourth-order valence-electron chi connectivity index (χ4n) is 3.24. The largest absolute Gasteiger partial charge is 0.316 e. The minimum absolute atomic E-state index is 0.0719. The van der Waals surface area contributed by atoms with Crippen LogP contribution in [-0.4, -0.2) is 10.5 Å². The predicted octanol–water partition coefficient (Wildman–Crippen LogP) is 6.27. The Morgan fingerprint density at radius 3 is 2.36 bits per heavy atom. The second-order valence-corrected chi connectivity index (χ2v) is 9.67. The number of rotatable bonds is 4. The summed E-state index contributed by atoms with van der Waals surface area (Å²) in [5.74, 6) is 0.301. The molecular formula is C24H30N2OS. The third-order valence-corrected chi connectivity index (χ3v) is 6.06. The van der Waals surface area contributed by atoms with Crippen LogP contribution in [0.15, 0.2) is 47.5 Å². The summed E-state index contributed by atoms with van der Waals surface area (Å²) in [7, 11) is 0. The first kappa shape index (κ1) is 20.5. The number of thiazole rings is 1. The zero-order valence-electron chi connectivity index (χ0n) is 17.7. The summed E-state index contributed by atoms with van der Waals surface area (Å²) < 4.78 is 3.36. The van der Waals surface area contributed by atoms with Gasteiger partial charge in [-0.3, -0.25) is 4.79 Å². The molecule has 1 amide bonds. The first-order valence-electron chi connectivity index (χ1n) is 10.0. The van der Waals surface area contributed by atoms with Gasteiger partial charge in [0.2, 0.25) is 0 Å². The predicted molar refractivity (Wildman–Crippen MR) is 119 cm³/mol. The van der Waals surface area contributed by atoms with Crippen molar-refractivity contribution >= 4 is 27.5 Å². The van der Waals surface area contributed by atoms with Crippen LogP contribution in [0.5, 0.6) is 0 Å². The standard InChI is InChI=1S/C24H30N2OS/c1-7-14-26-20-13-10-18(16(2)3)15-21(20)28-23(26)25-22(27)17-8-11-19(12-9-17)24(4,5)6/h8-13,15-16H,7,14H2,1-6H3. The zero-order valence-corrected chi connectivity index (χ0v) is 18.6. The fourth-order valence-corrected chi connectivity index (χ4v) is 4.34. The first-order chi connectivity index (χ1) is 13.2. The second-order valence-electron chi connectivity index (χ2n) is 8.66. The van der Waals surface area contributed by atoms with Crippen molar-refractivity contribution in [2.45, 2.75) is 65.8 Å². The van der Waals surface area contributed by atoms with Crippen LogP contribution >= 0.6 is 11.3 Å². The van der Waals surface area contributed by atoms with Crippen molar-refractivity contribution in [3.8, 4) is 0 Å². The minimum Gasteiger partial charge on any atom is -0.316 e. The number of aryl methyl sites for hydroxylation is 1. The smallest absolute Gasteiger partial charge is 0.279 e. The molecule has 0 saturated carbocycles. The monoisotopic (exact) mass is 394 g/mol. The third kappa shape index (κ3) is 4.27. The van der Waals surface area contributed by atoms with Crippen LogP contribution in [0.4, 0.5) is 0 Å². The van der Waals surface area contributed by atoms with E-state index in [1.54, 1.807) is 11.3 Å². The Labute approximate surface area is 171 Å². The molecule has 0 N–H and O–H groups in total. The van der Waals surface area contributed by atoms with Gasteiger partial charge >= 0.3 is 0 Å². The highest BCUT2D eigenvalue weighted by atomic mass is 32.1. The number of aromatic nitrogens is 1. The number of hydrogen-bond donors (Lipinski definition) is 0. The Bertz CT molecular complexity index is 1050. The summed E-state index contributed by atoms with van der Waals surface area (Å²) in [5, 5.41) is 0. The fraction of sp³-hybridized carbons (Fsp3) is 0.417. The molecule has 0 atom stereocenters. The molecule has 28 heavy (non-hydrogen) atoms. The maximum absolute atomic E-state index is 12.8. The summed E-state index contributed by atoms with van der Waals surface area (Å²) >= 11 is 1.60. The van der Waals surface area contributed by atoms with Gasteiger partial charge in [0.25, 0.3) is 5.91 Å². The number of nitrogens with zero attached hydrogens (tertiary/aromatic N) is 2. The van der Waals surface area contributed by atoms with E-state index in [9.17, 15) is 4.79 Å². The van der Waals surface area contributed by atoms with E-state index < -0.39 is 0 Å². The van der Waals surface area contributed by atoms with E-state index in [2.05, 4.69) is 69.3 Å². The van der Waals surface area contributed by atoms with Crippen molar-refractivity contribution in [3.05, 3.63) is 64.0 Å². The molecule has 0 unspecified atom stereocenters. The molecule has 3 aromatic rings. The van der Waals surface area contributed by atoms with Crippen LogP contribution in [0.3, 0.4) is 0 Å². The second kappa shape index (κ2) is 8.04. The molecule has 1 aromatic heterocycles. The lowest BCUT2D eigenvalue weighted by Gasteiger charge is -2.18. The van der Waals surface area contributed by atoms with E-state index in [1.165, 1.54) is 15.8 Å². The molecule has 3 nitrogen and oxygen atoms in total. The maximum Gasteiger partial charge on any atom is 0.279 e. The van der Waals surface area contributed by atoms with Gasteiger partial charge in [0.05, 0.1) is 10.2 Å². The van der Waals surface area contributed by atoms with Crippen molar-refractivity contribution < 1.29 is 4.79 Å². The lowest BCUT2D eigenvalue weighted by molar-refractivity contribution is 0.0997. The third-order valence-electron chi connectivity index (χ3n) is 5.02. The summed E-state index contributed by atoms with van der Waals surface area (Å²) in [6.45, 7) is 13.9. The molecule has 4 heteroatoms. The average molecular weight is 395 g/mol. The van der Waals surface area contributed by atoms with E-state index >= 15 is 0 Å². The number of carbonyl (C=O) groups is 1. The first-order valence-corrected chi connectivity index (χ1v) is 10.8. The lowest BCUT2D eigenvalue weighted by Crippen LogP contribution is -2.17. The molecule has 0 radical (unpaired) electrons. The summed E-state index contributed by atoms with van der Waals surface area (Å²) in [6.07, 6.45) is 0.999. The normalized spacial score (nSPS) is 12.9. The van der Waals surface area contributed by atoms with Crippen molar-refractivity contribution in [2.75, 3.05) is 0 Å². The average Bonchev–Trinajstić information content (AvgIpc) is 2.98. The molecule has 3 rings (SSSR count). The molecule has 0 spiro atoms. The van der Waals surface area contributed by atoms with Crippen molar-refractivity contribution in [2.24, 2.45) is 4.99 Å². The quantitative estimate of drug-likeness (QED) is 0.513. The molecule has 1 heterocycles. The molecular weight excluding hydrogens is 364 g/mol. The summed E-state index contributed by atoms with van der Waals surface area (Å²) in [5.41, 5.74) is 4.39. The van der Waals surface area contributed by atoms with E-state index in [1.807, 2.05) is 24.3 Å². The zero-order chi connectivity index (χ0) is 20.5. The van der Waals surface area contributed by atoms with Gasteiger partial charge in [0, 0.05) is 12.1 Å². The molecule has 0 aliphatic heterocycles. The van der Waals surface area contributed by atoms with Gasteiger partial charge in [0.1, 0.15) is 0 Å². The Morgan fingerprint density at radius 2 is 1.79 bits per heavy atom. The topological polar surface area (TPSA) is 34.4 Å². The van der Waals surface area contributed by atoms with Gasteiger partial charge < -0.3 is 4.57 Å².